The Morgan fingerprint density at radius 2 is 2.07 bits per heavy atom. The molecule has 0 atom stereocenters. The van der Waals surface area contributed by atoms with Crippen molar-refractivity contribution in [2.45, 2.75) is 25.8 Å². The Bertz CT molecular complexity index is 1180. The van der Waals surface area contributed by atoms with E-state index in [1.54, 1.807) is 30.1 Å². The zero-order valence-corrected chi connectivity index (χ0v) is 16.8. The van der Waals surface area contributed by atoms with Crippen molar-refractivity contribution in [2.24, 2.45) is 5.41 Å². The maximum absolute atomic E-state index is 13.3. The van der Waals surface area contributed by atoms with Gasteiger partial charge in [0.2, 0.25) is 0 Å². The summed E-state index contributed by atoms with van der Waals surface area (Å²) >= 11 is 0. The summed E-state index contributed by atoms with van der Waals surface area (Å²) in [5.74, 6) is 0.829. The van der Waals surface area contributed by atoms with E-state index in [2.05, 4.69) is 10.3 Å². The first-order chi connectivity index (χ1) is 14.6. The van der Waals surface area contributed by atoms with Crippen LogP contribution < -0.4 is 20.3 Å². The number of amides is 1. The summed E-state index contributed by atoms with van der Waals surface area (Å²) in [6.45, 7) is 1.55. The number of benzene rings is 1. The van der Waals surface area contributed by atoms with Crippen LogP contribution in [0.2, 0.25) is 0 Å². The maximum Gasteiger partial charge on any atom is 0.264 e. The van der Waals surface area contributed by atoms with Crippen LogP contribution in [-0.4, -0.2) is 35.7 Å². The van der Waals surface area contributed by atoms with Gasteiger partial charge in [0.05, 0.1) is 19.2 Å². The molecule has 3 aromatic rings. The normalized spacial score (nSPS) is 16.0. The van der Waals surface area contributed by atoms with Crippen LogP contribution in [0.3, 0.4) is 0 Å². The van der Waals surface area contributed by atoms with Crippen LogP contribution in [0, 0.1) is 5.41 Å². The average molecular weight is 405 g/mol. The molecule has 0 unspecified atom stereocenters. The van der Waals surface area contributed by atoms with Crippen molar-refractivity contribution in [1.82, 2.24) is 14.9 Å². The van der Waals surface area contributed by atoms with Crippen LogP contribution in [0.5, 0.6) is 11.5 Å². The molecule has 2 aromatic heterocycles. The van der Waals surface area contributed by atoms with E-state index in [1.165, 1.54) is 0 Å². The minimum Gasteiger partial charge on any atom is -0.493 e. The minimum atomic E-state index is -0.355. The van der Waals surface area contributed by atoms with Gasteiger partial charge in [-0.05, 0) is 55.2 Å². The van der Waals surface area contributed by atoms with Crippen molar-refractivity contribution in [3.63, 3.8) is 0 Å². The predicted octanol–water partition coefficient (Wildman–Crippen LogP) is 2.55. The number of aromatic nitrogens is 2. The quantitative estimate of drug-likeness (QED) is 0.705. The number of carbonyl (C=O) groups excluding carboxylic acids is 1. The summed E-state index contributed by atoms with van der Waals surface area (Å²) in [6.07, 6.45) is 6.15. The van der Waals surface area contributed by atoms with Crippen molar-refractivity contribution in [2.75, 3.05) is 20.3 Å². The number of rotatable bonds is 5. The molecular weight excluding hydrogens is 382 g/mol. The Hall–Kier alpha value is -3.35. The third kappa shape index (κ3) is 3.20. The lowest BCUT2D eigenvalue weighted by atomic mass is 10.1. The highest BCUT2D eigenvalue weighted by Crippen LogP contribution is 2.50. The Balaban J connectivity index is 1.50. The van der Waals surface area contributed by atoms with Gasteiger partial charge in [-0.25, -0.2) is 0 Å². The number of nitrogens with zero attached hydrogens (tertiary/aromatic N) is 2. The third-order valence-electron chi connectivity index (χ3n) is 6.06. The molecule has 7 nitrogen and oxygen atoms in total. The highest BCUT2D eigenvalue weighted by molar-refractivity contribution is 5.99. The fraction of sp³-hybridized carbons (Fsp3) is 0.348. The predicted molar refractivity (Wildman–Crippen MR) is 112 cm³/mol. The van der Waals surface area contributed by atoms with Gasteiger partial charge >= 0.3 is 0 Å². The smallest absolute Gasteiger partial charge is 0.264 e. The van der Waals surface area contributed by atoms with Crippen molar-refractivity contribution < 1.29 is 14.3 Å². The minimum absolute atomic E-state index is 0.0305. The van der Waals surface area contributed by atoms with Crippen molar-refractivity contribution in [3.8, 4) is 11.5 Å². The van der Waals surface area contributed by atoms with Crippen LogP contribution in [0.4, 0.5) is 0 Å². The van der Waals surface area contributed by atoms with E-state index in [1.807, 2.05) is 24.3 Å². The van der Waals surface area contributed by atoms with Crippen LogP contribution >= 0.6 is 0 Å². The van der Waals surface area contributed by atoms with Crippen molar-refractivity contribution >= 4 is 16.8 Å². The SMILES string of the molecule is COc1ccc2cc(C(=O)NCCc3ccncc3)c(=O)n3c2c1OCC1(CC1)C3. The molecule has 2 aliphatic rings. The fourth-order valence-corrected chi connectivity index (χ4v) is 4.09. The molecule has 5 rings (SSSR count). The first-order valence-electron chi connectivity index (χ1n) is 10.1. The highest BCUT2D eigenvalue weighted by atomic mass is 16.5. The van der Waals surface area contributed by atoms with Crippen LogP contribution in [0.25, 0.3) is 10.9 Å². The van der Waals surface area contributed by atoms with E-state index in [0.29, 0.717) is 43.1 Å². The molecule has 0 radical (unpaired) electrons. The van der Waals surface area contributed by atoms with Gasteiger partial charge in [-0.2, -0.15) is 0 Å². The highest BCUT2D eigenvalue weighted by Gasteiger charge is 2.46. The Labute approximate surface area is 173 Å². The number of pyridine rings is 2. The van der Waals surface area contributed by atoms with E-state index in [0.717, 1.165) is 23.8 Å². The lowest BCUT2D eigenvalue weighted by molar-refractivity contribution is 0.0952. The molecule has 1 fully saturated rings. The summed E-state index contributed by atoms with van der Waals surface area (Å²) in [7, 11) is 1.59. The summed E-state index contributed by atoms with van der Waals surface area (Å²) in [4.78, 5) is 30.2. The number of nitrogens with one attached hydrogen (secondary N) is 1. The van der Waals surface area contributed by atoms with Crippen LogP contribution in [0.1, 0.15) is 28.8 Å². The fourth-order valence-electron chi connectivity index (χ4n) is 4.09. The first kappa shape index (κ1) is 18.7. The molecule has 1 N–H and O–H groups in total. The number of methoxy groups -OCH3 is 1. The Morgan fingerprint density at radius 1 is 1.27 bits per heavy atom. The van der Waals surface area contributed by atoms with Gasteiger partial charge in [-0.1, -0.05) is 0 Å². The summed E-state index contributed by atoms with van der Waals surface area (Å²) in [6, 6.07) is 9.18. The van der Waals surface area contributed by atoms with Crippen LogP contribution in [0.15, 0.2) is 47.5 Å². The molecular formula is C23H23N3O4. The molecule has 1 spiro atoms. The van der Waals surface area contributed by atoms with E-state index < -0.39 is 0 Å². The van der Waals surface area contributed by atoms with E-state index in [9.17, 15) is 9.59 Å². The third-order valence-corrected chi connectivity index (χ3v) is 6.06. The second kappa shape index (κ2) is 7.16. The van der Waals surface area contributed by atoms with Gasteiger partial charge in [0.1, 0.15) is 5.56 Å². The molecule has 0 saturated heterocycles. The maximum atomic E-state index is 13.3. The summed E-state index contributed by atoms with van der Waals surface area (Å²) < 4.78 is 13.3. The molecule has 0 bridgehead atoms. The molecule has 1 aliphatic carbocycles. The standard InChI is InChI=1S/C23H23N3O4/c1-29-18-3-2-16-12-17(21(27)25-11-6-15-4-9-24-10-5-15)22(28)26-13-23(7-8-23)14-30-20(18)19(16)26/h2-5,9-10,12H,6-8,11,13-14H2,1H3,(H,25,27). The second-order valence-electron chi connectivity index (χ2n) is 8.13. The first-order valence-corrected chi connectivity index (χ1v) is 10.1. The summed E-state index contributed by atoms with van der Waals surface area (Å²) in [5, 5.41) is 3.68. The number of ether oxygens (including phenoxy) is 2. The zero-order valence-electron chi connectivity index (χ0n) is 16.8. The lowest BCUT2D eigenvalue weighted by Gasteiger charge is -2.15. The van der Waals surface area contributed by atoms with Crippen LogP contribution in [-0.2, 0) is 13.0 Å². The Morgan fingerprint density at radius 3 is 2.80 bits per heavy atom. The molecule has 154 valence electrons. The Kier molecular flexibility index (Phi) is 4.46. The van der Waals surface area contributed by atoms with Gasteiger partial charge in [0.15, 0.2) is 11.5 Å². The van der Waals surface area contributed by atoms with E-state index in [4.69, 9.17) is 9.47 Å². The molecule has 1 aromatic carbocycles. The molecule has 7 heteroatoms. The molecule has 30 heavy (non-hydrogen) atoms. The van der Waals surface area contributed by atoms with Gasteiger partial charge in [0.25, 0.3) is 11.5 Å². The molecule has 1 aliphatic heterocycles. The van der Waals surface area contributed by atoms with Crippen molar-refractivity contribution in [3.05, 3.63) is 64.2 Å². The summed E-state index contributed by atoms with van der Waals surface area (Å²) in [5.41, 5.74) is 1.63. The zero-order chi connectivity index (χ0) is 20.7. The monoisotopic (exact) mass is 405 g/mol. The van der Waals surface area contributed by atoms with E-state index in [-0.39, 0.29) is 22.4 Å². The molecule has 1 amide bonds. The molecule has 3 heterocycles. The number of hydrogen-bond donors (Lipinski definition) is 1. The van der Waals surface area contributed by atoms with Gasteiger partial charge < -0.3 is 19.4 Å². The number of hydrogen-bond acceptors (Lipinski definition) is 5. The van der Waals surface area contributed by atoms with Gasteiger partial charge in [-0.15, -0.1) is 0 Å². The number of carbonyl (C=O) groups is 1. The molecule has 1 saturated carbocycles. The van der Waals surface area contributed by atoms with Gasteiger partial charge in [-0.3, -0.25) is 14.6 Å². The van der Waals surface area contributed by atoms with Crippen molar-refractivity contribution in [1.29, 1.82) is 0 Å². The largest absolute Gasteiger partial charge is 0.493 e. The average Bonchev–Trinajstić information content (AvgIpc) is 3.56. The van der Waals surface area contributed by atoms with Gasteiger partial charge in [0, 0.05) is 36.3 Å². The topological polar surface area (TPSA) is 82.5 Å². The lowest BCUT2D eigenvalue weighted by Crippen LogP contribution is -2.35. The van der Waals surface area contributed by atoms with E-state index >= 15 is 0 Å². The second-order valence-corrected chi connectivity index (χ2v) is 8.13.